The second kappa shape index (κ2) is 22.0. The summed E-state index contributed by atoms with van der Waals surface area (Å²) in [6.07, 6.45) is 6.36. The van der Waals surface area contributed by atoms with Gasteiger partial charge in [0, 0.05) is 41.6 Å². The molecule has 57 heavy (non-hydrogen) atoms. The second-order valence-corrected chi connectivity index (χ2v) is 15.7. The molecule has 15 heteroatoms. The number of aryl methyl sites for hydroxylation is 2. The van der Waals surface area contributed by atoms with Gasteiger partial charge in [-0.2, -0.15) is 11.8 Å². The van der Waals surface area contributed by atoms with E-state index in [-0.39, 0.29) is 42.7 Å². The van der Waals surface area contributed by atoms with Crippen molar-refractivity contribution >= 4 is 29.8 Å². The molecule has 3 aliphatic rings. The summed E-state index contributed by atoms with van der Waals surface area (Å²) in [4.78, 5) is 48.4. The molecular formula is C42H56N4O10S. The van der Waals surface area contributed by atoms with Crippen molar-refractivity contribution < 1.29 is 42.8 Å². The van der Waals surface area contributed by atoms with Crippen LogP contribution in [0.4, 0.5) is 9.59 Å². The van der Waals surface area contributed by atoms with Gasteiger partial charge in [-0.05, 0) is 78.6 Å². The van der Waals surface area contributed by atoms with E-state index in [2.05, 4.69) is 34.3 Å². The lowest BCUT2D eigenvalue weighted by atomic mass is 9.91. The highest BCUT2D eigenvalue weighted by Gasteiger charge is 2.42. The Hall–Kier alpha value is -4.31. The van der Waals surface area contributed by atoms with E-state index in [4.69, 9.17) is 28.4 Å². The van der Waals surface area contributed by atoms with E-state index in [9.17, 15) is 19.2 Å². The number of urea groups is 1. The molecule has 3 atom stereocenters. The van der Waals surface area contributed by atoms with Crippen molar-refractivity contribution in [3.63, 3.8) is 0 Å². The molecule has 3 aromatic carbocycles. The fraction of sp³-hybridized carbons (Fsp3) is 0.571. The molecule has 0 bridgehead atoms. The van der Waals surface area contributed by atoms with E-state index in [0.717, 1.165) is 89.8 Å². The van der Waals surface area contributed by atoms with Gasteiger partial charge in [-0.25, -0.2) is 9.59 Å². The first-order valence-corrected chi connectivity index (χ1v) is 21.4. The maximum atomic E-state index is 12.9. The molecule has 2 aliphatic heterocycles. The summed E-state index contributed by atoms with van der Waals surface area (Å²) in [6.45, 7) is 6.01. The van der Waals surface area contributed by atoms with Crippen molar-refractivity contribution in [2.75, 3.05) is 78.3 Å². The highest BCUT2D eigenvalue weighted by molar-refractivity contribution is 8.00. The lowest BCUT2D eigenvalue weighted by Gasteiger charge is -2.16. The quantitative estimate of drug-likeness (QED) is 0.0701. The molecule has 0 unspecified atom stereocenters. The molecular weight excluding hydrogens is 753 g/mol. The second-order valence-electron chi connectivity index (χ2n) is 14.4. The number of fused-ring (bicyclic) bond motifs is 6. The van der Waals surface area contributed by atoms with E-state index >= 15 is 0 Å². The van der Waals surface area contributed by atoms with Crippen LogP contribution in [0, 0.1) is 0 Å². The number of amides is 4. The molecule has 2 saturated heterocycles. The van der Waals surface area contributed by atoms with Crippen LogP contribution in [0.25, 0.3) is 22.3 Å². The van der Waals surface area contributed by atoms with Gasteiger partial charge in [0.2, 0.25) is 5.91 Å². The van der Waals surface area contributed by atoms with E-state index in [1.165, 1.54) is 0 Å². The summed E-state index contributed by atoms with van der Waals surface area (Å²) in [5, 5.41) is 11.9. The molecule has 310 valence electrons. The van der Waals surface area contributed by atoms with Crippen LogP contribution in [0.3, 0.4) is 0 Å². The molecule has 1 aliphatic carbocycles. The number of hydrogen-bond acceptors (Lipinski definition) is 11. The van der Waals surface area contributed by atoms with Crippen molar-refractivity contribution in [3.8, 4) is 33.8 Å². The van der Waals surface area contributed by atoms with Crippen LogP contribution in [-0.2, 0) is 36.6 Å². The maximum absolute atomic E-state index is 12.9. The van der Waals surface area contributed by atoms with Crippen molar-refractivity contribution in [2.45, 2.75) is 75.6 Å². The predicted octanol–water partition coefficient (Wildman–Crippen LogP) is 4.53. The van der Waals surface area contributed by atoms with Crippen LogP contribution in [0.5, 0.6) is 11.5 Å². The number of alkyl carbamates (subject to hydrolysis) is 1. The normalized spacial score (nSPS) is 18.0. The highest BCUT2D eigenvalue weighted by Crippen LogP contribution is 2.42. The van der Waals surface area contributed by atoms with Gasteiger partial charge in [0.05, 0.1) is 58.3 Å². The Kier molecular flexibility index (Phi) is 16.3. The van der Waals surface area contributed by atoms with Crippen molar-refractivity contribution in [1.29, 1.82) is 0 Å². The van der Waals surface area contributed by atoms with Crippen LogP contribution < -0.4 is 36.2 Å². The molecule has 2 heterocycles. The largest absolute Gasteiger partial charge is 0.494 e. The first-order valence-electron chi connectivity index (χ1n) is 20.3. The minimum absolute atomic E-state index is 0.0130. The topological polar surface area (TPSA) is 172 Å². The number of unbranched alkanes of at least 4 members (excludes halogenated alkanes) is 2. The smallest absolute Gasteiger partial charge is 0.407 e. The third kappa shape index (κ3) is 12.6. The average molecular weight is 809 g/mol. The molecule has 14 nitrogen and oxygen atoms in total. The summed E-state index contributed by atoms with van der Waals surface area (Å²) >= 11 is 1.89. The lowest BCUT2D eigenvalue weighted by Crippen LogP contribution is -2.36. The molecule has 0 aromatic heterocycles. The number of carbonyl (C=O) groups is 3. The predicted molar refractivity (Wildman–Crippen MR) is 218 cm³/mol. The third-order valence-electron chi connectivity index (χ3n) is 10.3. The van der Waals surface area contributed by atoms with E-state index in [1.807, 2.05) is 42.1 Å². The van der Waals surface area contributed by atoms with Crippen LogP contribution in [0.2, 0.25) is 0 Å². The van der Waals surface area contributed by atoms with Crippen molar-refractivity contribution in [2.24, 2.45) is 0 Å². The monoisotopic (exact) mass is 808 g/mol. The van der Waals surface area contributed by atoms with Crippen LogP contribution >= 0.6 is 11.8 Å². The van der Waals surface area contributed by atoms with Gasteiger partial charge in [0.25, 0.3) is 0 Å². The van der Waals surface area contributed by atoms with Crippen molar-refractivity contribution in [1.82, 2.24) is 21.3 Å². The molecule has 0 spiro atoms. The summed E-state index contributed by atoms with van der Waals surface area (Å²) in [7, 11) is 0. The Morgan fingerprint density at radius 2 is 1.37 bits per heavy atom. The number of carbonyl (C=O) groups excluding carboxylic acids is 3. The van der Waals surface area contributed by atoms with Gasteiger partial charge in [0.15, 0.2) is 5.43 Å². The van der Waals surface area contributed by atoms with Gasteiger partial charge < -0.3 is 49.7 Å². The Morgan fingerprint density at radius 1 is 0.737 bits per heavy atom. The standard InChI is InChI=1S/C42H56N4O10S/c1-2-3-16-54-30-10-12-32-28(25-30)8-9-29-26-31(11-13-33(29)38-37(32)40(38)48)55-23-21-53-22-24-56-42(50)44-15-18-52-20-19-51-17-14-43-36(47)7-5-4-6-35-39-34(27-57-35)45-41(49)46-39/h10-13,25-26,34-35,39H,2-9,14-24,27H2,1H3,(H,43,47)(H,44,50)(H2,45,46,49)/t34-,35-,39-/m0/s1. The zero-order chi connectivity index (χ0) is 39.8. The van der Waals surface area contributed by atoms with Crippen LogP contribution in [0.1, 0.15) is 56.6 Å². The fourth-order valence-corrected chi connectivity index (χ4v) is 8.79. The van der Waals surface area contributed by atoms with Gasteiger partial charge >= 0.3 is 12.1 Å². The number of benzene rings is 2. The SMILES string of the molecule is CCCCOc1ccc2c(c1)CCc1cc(OCCOCCOC(=O)NCCOCCOCCNC(=O)CCCC[C@@H]3SC[C@@H]4NC(=O)N[C@@H]43)ccc1-c1c-2c1=O. The molecule has 6 rings (SSSR count). The number of hydrogen-bond donors (Lipinski definition) is 4. The Morgan fingerprint density at radius 3 is 2.07 bits per heavy atom. The summed E-state index contributed by atoms with van der Waals surface area (Å²) in [6, 6.07) is 12.3. The van der Waals surface area contributed by atoms with E-state index < -0.39 is 6.09 Å². The first kappa shape index (κ1) is 42.3. The molecule has 4 N–H and O–H groups in total. The van der Waals surface area contributed by atoms with E-state index in [1.54, 1.807) is 0 Å². The Balaban J connectivity index is 0.728. The number of rotatable bonds is 25. The van der Waals surface area contributed by atoms with Crippen molar-refractivity contribution in [3.05, 3.63) is 57.7 Å². The van der Waals surface area contributed by atoms with Crippen LogP contribution in [-0.4, -0.2) is 114 Å². The van der Waals surface area contributed by atoms with Crippen LogP contribution in [0.15, 0.2) is 41.2 Å². The molecule has 4 amide bonds. The Labute approximate surface area is 338 Å². The lowest BCUT2D eigenvalue weighted by molar-refractivity contribution is -0.121. The molecule has 3 aromatic rings. The zero-order valence-electron chi connectivity index (χ0n) is 32.8. The average Bonchev–Trinajstić information content (AvgIpc) is 3.47. The summed E-state index contributed by atoms with van der Waals surface area (Å²) in [5.74, 6) is 2.52. The Bertz CT molecular complexity index is 1800. The number of ether oxygens (including phenoxy) is 6. The molecule has 0 saturated carbocycles. The van der Waals surface area contributed by atoms with Gasteiger partial charge in [-0.3, -0.25) is 9.59 Å². The minimum atomic E-state index is -0.549. The zero-order valence-corrected chi connectivity index (χ0v) is 33.6. The maximum Gasteiger partial charge on any atom is 0.407 e. The molecule has 2 fully saturated rings. The number of thioether (sulfide) groups is 1. The van der Waals surface area contributed by atoms with Gasteiger partial charge in [-0.15, -0.1) is 0 Å². The molecule has 0 radical (unpaired) electrons. The third-order valence-corrected chi connectivity index (χ3v) is 11.8. The summed E-state index contributed by atoms with van der Waals surface area (Å²) < 4.78 is 33.6. The highest BCUT2D eigenvalue weighted by atomic mass is 32.2. The minimum Gasteiger partial charge on any atom is -0.494 e. The fourth-order valence-electron chi connectivity index (χ4n) is 7.25. The van der Waals surface area contributed by atoms with E-state index in [0.29, 0.717) is 76.8 Å². The first-order chi connectivity index (χ1) is 27.9. The van der Waals surface area contributed by atoms with Gasteiger partial charge in [0.1, 0.15) is 24.7 Å². The number of nitrogens with one attached hydrogen (secondary N) is 4. The van der Waals surface area contributed by atoms with Gasteiger partial charge in [-0.1, -0.05) is 31.9 Å². The summed E-state index contributed by atoms with van der Waals surface area (Å²) in [5.41, 5.74) is 5.93.